The van der Waals surface area contributed by atoms with E-state index in [4.69, 9.17) is 0 Å². The molecule has 30 heavy (non-hydrogen) atoms. The van der Waals surface area contributed by atoms with Gasteiger partial charge in [-0.05, 0) is 30.2 Å². The zero-order valence-electron chi connectivity index (χ0n) is 16.4. The number of carbonyl (C=O) groups excluding carboxylic acids is 1. The minimum atomic E-state index is -3.69. The van der Waals surface area contributed by atoms with Crippen molar-refractivity contribution in [3.8, 4) is 0 Å². The molecule has 0 bridgehead atoms. The molecule has 0 aliphatic heterocycles. The number of rotatable bonds is 7. The highest BCUT2D eigenvalue weighted by molar-refractivity contribution is 7.91. The van der Waals surface area contributed by atoms with E-state index in [1.807, 2.05) is 42.5 Å². The number of para-hydroxylation sites is 1. The molecule has 152 valence electrons. The van der Waals surface area contributed by atoms with Crippen LogP contribution in [0.1, 0.15) is 5.56 Å². The van der Waals surface area contributed by atoms with Gasteiger partial charge in [-0.25, -0.2) is 8.42 Å². The third kappa shape index (κ3) is 4.14. The molecule has 0 atom stereocenters. The Morgan fingerprint density at radius 2 is 1.47 bits per heavy atom. The number of amides is 1. The summed E-state index contributed by atoms with van der Waals surface area (Å²) in [5.41, 5.74) is 1.87. The van der Waals surface area contributed by atoms with Crippen molar-refractivity contribution in [2.75, 3.05) is 6.54 Å². The Balaban J connectivity index is 1.56. The first-order valence-corrected chi connectivity index (χ1v) is 11.2. The van der Waals surface area contributed by atoms with Gasteiger partial charge in [0.2, 0.25) is 15.7 Å². The second-order valence-electron chi connectivity index (χ2n) is 7.04. The third-order valence-corrected chi connectivity index (χ3v) is 6.78. The second kappa shape index (κ2) is 8.55. The van der Waals surface area contributed by atoms with Gasteiger partial charge in [-0.2, -0.15) is 0 Å². The van der Waals surface area contributed by atoms with Crippen LogP contribution in [0, 0.1) is 0 Å². The number of fused-ring (bicyclic) bond motifs is 1. The third-order valence-electron chi connectivity index (χ3n) is 4.99. The van der Waals surface area contributed by atoms with Crippen LogP contribution in [0.4, 0.5) is 0 Å². The first-order chi connectivity index (χ1) is 14.6. The predicted molar refractivity (Wildman–Crippen MR) is 117 cm³/mol. The zero-order chi connectivity index (χ0) is 21.0. The topological polar surface area (TPSA) is 68.2 Å². The Kier molecular flexibility index (Phi) is 5.68. The number of sulfone groups is 1. The second-order valence-corrected chi connectivity index (χ2v) is 8.96. The van der Waals surface area contributed by atoms with E-state index in [-0.39, 0.29) is 22.2 Å². The molecule has 6 heteroatoms. The van der Waals surface area contributed by atoms with Gasteiger partial charge in [0.1, 0.15) is 6.54 Å². The quantitative estimate of drug-likeness (QED) is 0.496. The van der Waals surface area contributed by atoms with Crippen molar-refractivity contribution in [2.45, 2.75) is 22.8 Å². The molecule has 4 rings (SSSR count). The van der Waals surface area contributed by atoms with Crippen LogP contribution < -0.4 is 5.32 Å². The molecular formula is C24H22N2O3S. The fraction of sp³-hybridized carbons (Fsp3) is 0.125. The molecule has 1 N–H and O–H groups in total. The maximum absolute atomic E-state index is 13.2. The summed E-state index contributed by atoms with van der Waals surface area (Å²) in [6.45, 7) is 0.580. The summed E-state index contributed by atoms with van der Waals surface area (Å²) in [7, 11) is -3.69. The highest BCUT2D eigenvalue weighted by Crippen LogP contribution is 2.30. The summed E-state index contributed by atoms with van der Waals surface area (Å²) in [5.74, 6) is -0.157. The number of carbonyl (C=O) groups is 1. The van der Waals surface area contributed by atoms with Crippen molar-refractivity contribution in [2.24, 2.45) is 0 Å². The van der Waals surface area contributed by atoms with Crippen LogP contribution in [-0.2, 0) is 27.6 Å². The average molecular weight is 419 g/mol. The monoisotopic (exact) mass is 418 g/mol. The van der Waals surface area contributed by atoms with E-state index in [2.05, 4.69) is 5.32 Å². The van der Waals surface area contributed by atoms with Gasteiger partial charge < -0.3 is 9.88 Å². The molecule has 0 unspecified atom stereocenters. The molecule has 0 saturated carbocycles. The molecule has 1 aromatic heterocycles. The molecule has 0 fully saturated rings. The van der Waals surface area contributed by atoms with Crippen LogP contribution in [0.25, 0.3) is 10.9 Å². The van der Waals surface area contributed by atoms with E-state index in [1.165, 1.54) is 0 Å². The maximum atomic E-state index is 13.2. The fourth-order valence-electron chi connectivity index (χ4n) is 3.49. The van der Waals surface area contributed by atoms with Gasteiger partial charge in [0.25, 0.3) is 0 Å². The van der Waals surface area contributed by atoms with Crippen LogP contribution in [0.5, 0.6) is 0 Å². The van der Waals surface area contributed by atoms with Gasteiger partial charge in [0.15, 0.2) is 0 Å². The summed E-state index contributed by atoms with van der Waals surface area (Å²) in [5, 5.41) is 3.52. The SMILES string of the molecule is O=C(Cn1cc(S(=O)(=O)c2ccccc2)c2ccccc21)NCCc1ccccc1. The number of nitrogens with zero attached hydrogens (tertiary/aromatic N) is 1. The Bertz CT molecular complexity index is 1260. The lowest BCUT2D eigenvalue weighted by atomic mass is 10.1. The summed E-state index contributed by atoms with van der Waals surface area (Å²) in [4.78, 5) is 12.9. The molecule has 1 heterocycles. The molecular weight excluding hydrogens is 396 g/mol. The number of nitrogens with one attached hydrogen (secondary N) is 1. The highest BCUT2D eigenvalue weighted by atomic mass is 32.2. The molecule has 0 radical (unpaired) electrons. The van der Waals surface area contributed by atoms with E-state index < -0.39 is 9.84 Å². The molecule has 0 spiro atoms. The van der Waals surface area contributed by atoms with E-state index >= 15 is 0 Å². The Morgan fingerprint density at radius 3 is 2.20 bits per heavy atom. The van der Waals surface area contributed by atoms with Gasteiger partial charge in [-0.1, -0.05) is 66.7 Å². The number of hydrogen-bond donors (Lipinski definition) is 1. The van der Waals surface area contributed by atoms with Gasteiger partial charge in [-0.3, -0.25) is 4.79 Å². The van der Waals surface area contributed by atoms with Crippen molar-refractivity contribution in [3.63, 3.8) is 0 Å². The van der Waals surface area contributed by atoms with E-state index in [9.17, 15) is 13.2 Å². The van der Waals surface area contributed by atoms with Crippen molar-refractivity contribution in [1.82, 2.24) is 9.88 Å². The van der Waals surface area contributed by atoms with Gasteiger partial charge in [-0.15, -0.1) is 0 Å². The Hall–Kier alpha value is -3.38. The highest BCUT2D eigenvalue weighted by Gasteiger charge is 2.23. The van der Waals surface area contributed by atoms with Gasteiger partial charge >= 0.3 is 0 Å². The number of benzene rings is 3. The van der Waals surface area contributed by atoms with Crippen LogP contribution in [0.15, 0.2) is 101 Å². The summed E-state index contributed by atoms with van der Waals surface area (Å²) < 4.78 is 28.0. The molecule has 3 aromatic carbocycles. The predicted octanol–water partition coefficient (Wildman–Crippen LogP) is 3.83. The Morgan fingerprint density at radius 1 is 0.833 bits per heavy atom. The molecule has 4 aromatic rings. The van der Waals surface area contributed by atoms with Crippen molar-refractivity contribution in [1.29, 1.82) is 0 Å². The van der Waals surface area contributed by atoms with Gasteiger partial charge in [0.05, 0.1) is 9.79 Å². The summed E-state index contributed by atoms with van der Waals surface area (Å²) in [6.07, 6.45) is 2.30. The summed E-state index contributed by atoms with van der Waals surface area (Å²) >= 11 is 0. The van der Waals surface area contributed by atoms with Crippen LogP contribution in [0.2, 0.25) is 0 Å². The largest absolute Gasteiger partial charge is 0.354 e. The standard InChI is InChI=1S/C24H22N2O3S/c27-24(25-16-15-19-9-3-1-4-10-19)18-26-17-23(21-13-7-8-14-22(21)26)30(28,29)20-11-5-2-6-12-20/h1-14,17H,15-16,18H2,(H,25,27). The maximum Gasteiger partial charge on any atom is 0.239 e. The molecule has 0 aliphatic carbocycles. The van der Waals surface area contributed by atoms with Crippen LogP contribution >= 0.6 is 0 Å². The number of aromatic nitrogens is 1. The van der Waals surface area contributed by atoms with Crippen molar-refractivity contribution >= 4 is 26.6 Å². The minimum Gasteiger partial charge on any atom is -0.354 e. The lowest BCUT2D eigenvalue weighted by Crippen LogP contribution is -2.29. The van der Waals surface area contributed by atoms with E-state index in [0.717, 1.165) is 12.0 Å². The Labute approximate surface area is 175 Å². The molecule has 0 aliphatic rings. The minimum absolute atomic E-state index is 0.0552. The first-order valence-electron chi connectivity index (χ1n) is 9.74. The van der Waals surface area contributed by atoms with Crippen molar-refractivity contribution < 1.29 is 13.2 Å². The lowest BCUT2D eigenvalue weighted by molar-refractivity contribution is -0.121. The van der Waals surface area contributed by atoms with Gasteiger partial charge in [0, 0.05) is 23.6 Å². The fourth-order valence-corrected chi connectivity index (χ4v) is 4.98. The molecule has 0 saturated heterocycles. The first kappa shape index (κ1) is 19.9. The average Bonchev–Trinajstić information content (AvgIpc) is 3.14. The smallest absolute Gasteiger partial charge is 0.239 e. The normalized spacial score (nSPS) is 11.5. The van der Waals surface area contributed by atoms with Crippen LogP contribution in [-0.4, -0.2) is 25.4 Å². The van der Waals surface area contributed by atoms with E-state index in [0.29, 0.717) is 17.4 Å². The zero-order valence-corrected chi connectivity index (χ0v) is 17.2. The lowest BCUT2D eigenvalue weighted by Gasteiger charge is -2.07. The van der Waals surface area contributed by atoms with Crippen LogP contribution in [0.3, 0.4) is 0 Å². The number of hydrogen-bond acceptors (Lipinski definition) is 3. The molecule has 5 nitrogen and oxygen atoms in total. The summed E-state index contributed by atoms with van der Waals surface area (Å²) in [6, 6.07) is 25.5. The molecule has 1 amide bonds. The van der Waals surface area contributed by atoms with Crippen molar-refractivity contribution in [3.05, 3.63) is 96.7 Å². The van der Waals surface area contributed by atoms with E-state index in [1.54, 1.807) is 53.2 Å².